The summed E-state index contributed by atoms with van der Waals surface area (Å²) in [7, 11) is 3.32. The van der Waals surface area contributed by atoms with Crippen LogP contribution in [0.3, 0.4) is 0 Å². The molecule has 1 aliphatic rings. The Labute approximate surface area is 106 Å². The van der Waals surface area contributed by atoms with E-state index in [-0.39, 0.29) is 12.5 Å². The van der Waals surface area contributed by atoms with Crippen LogP contribution in [0.2, 0.25) is 0 Å². The minimum atomic E-state index is -0.454. The van der Waals surface area contributed by atoms with Gasteiger partial charge < -0.3 is 15.0 Å². The highest BCUT2D eigenvalue weighted by molar-refractivity contribution is 5.96. The van der Waals surface area contributed by atoms with Gasteiger partial charge in [0.25, 0.3) is 5.91 Å². The molecule has 0 radical (unpaired) electrons. The second kappa shape index (κ2) is 5.08. The molecule has 1 aromatic carbocycles. The first-order valence-corrected chi connectivity index (χ1v) is 5.81. The van der Waals surface area contributed by atoms with Crippen LogP contribution in [0.1, 0.15) is 15.9 Å². The van der Waals surface area contributed by atoms with Crippen LogP contribution in [0.4, 0.5) is 5.69 Å². The van der Waals surface area contributed by atoms with Gasteiger partial charge in [-0.2, -0.15) is 0 Å². The molecule has 0 saturated carbocycles. The van der Waals surface area contributed by atoms with E-state index in [4.69, 9.17) is 0 Å². The summed E-state index contributed by atoms with van der Waals surface area (Å²) in [5.74, 6) is -0.706. The average Bonchev–Trinajstić information content (AvgIpc) is 2.76. The van der Waals surface area contributed by atoms with Gasteiger partial charge in [-0.1, -0.05) is 0 Å². The van der Waals surface area contributed by atoms with Crippen LogP contribution < -0.4 is 10.2 Å². The molecule has 1 heterocycles. The Morgan fingerprint density at radius 1 is 1.44 bits per heavy atom. The van der Waals surface area contributed by atoms with E-state index in [0.717, 1.165) is 13.0 Å². The van der Waals surface area contributed by atoms with Crippen molar-refractivity contribution < 1.29 is 14.3 Å². The highest BCUT2D eigenvalue weighted by Gasteiger charge is 2.17. The zero-order valence-electron chi connectivity index (χ0n) is 10.5. The highest BCUT2D eigenvalue weighted by atomic mass is 16.5. The van der Waals surface area contributed by atoms with Crippen LogP contribution in [-0.2, 0) is 16.0 Å². The predicted molar refractivity (Wildman–Crippen MR) is 67.8 cm³/mol. The Morgan fingerprint density at radius 2 is 2.22 bits per heavy atom. The number of benzene rings is 1. The quantitative estimate of drug-likeness (QED) is 0.795. The van der Waals surface area contributed by atoms with Crippen molar-refractivity contribution >= 4 is 17.6 Å². The fourth-order valence-electron chi connectivity index (χ4n) is 2.03. The van der Waals surface area contributed by atoms with Gasteiger partial charge in [0.1, 0.15) is 6.54 Å². The van der Waals surface area contributed by atoms with Crippen molar-refractivity contribution in [3.8, 4) is 0 Å². The number of hydrogen-bond donors (Lipinski definition) is 1. The van der Waals surface area contributed by atoms with Crippen LogP contribution in [-0.4, -0.2) is 39.1 Å². The summed E-state index contributed by atoms with van der Waals surface area (Å²) in [6.07, 6.45) is 0.948. The van der Waals surface area contributed by atoms with E-state index in [1.165, 1.54) is 18.4 Å². The third-order valence-corrected chi connectivity index (χ3v) is 3.09. The minimum absolute atomic E-state index is 0.105. The third-order valence-electron chi connectivity index (χ3n) is 3.09. The lowest BCUT2D eigenvalue weighted by molar-refractivity contribution is -0.139. The Hall–Kier alpha value is -2.04. The van der Waals surface area contributed by atoms with Crippen LogP contribution in [0.5, 0.6) is 0 Å². The molecule has 0 bridgehead atoms. The summed E-state index contributed by atoms with van der Waals surface area (Å²) in [6.45, 7) is 0.870. The normalized spacial score (nSPS) is 13.1. The molecule has 96 valence electrons. The monoisotopic (exact) mass is 248 g/mol. The number of nitrogens with zero attached hydrogens (tertiary/aromatic N) is 1. The van der Waals surface area contributed by atoms with Gasteiger partial charge in [-0.15, -0.1) is 0 Å². The van der Waals surface area contributed by atoms with Gasteiger partial charge in [0, 0.05) is 24.8 Å². The third kappa shape index (κ3) is 2.45. The molecule has 5 heteroatoms. The number of anilines is 1. The molecule has 18 heavy (non-hydrogen) atoms. The summed E-state index contributed by atoms with van der Waals surface area (Å²) in [6, 6.07) is 5.59. The lowest BCUT2D eigenvalue weighted by atomic mass is 10.1. The van der Waals surface area contributed by atoms with Gasteiger partial charge in [0.2, 0.25) is 0 Å². The summed E-state index contributed by atoms with van der Waals surface area (Å²) in [5, 5.41) is 2.52. The zero-order chi connectivity index (χ0) is 13.1. The predicted octanol–water partition coefficient (Wildman–Crippen LogP) is 0.582. The first-order chi connectivity index (χ1) is 8.61. The van der Waals surface area contributed by atoms with E-state index in [1.54, 1.807) is 6.07 Å². The molecular weight excluding hydrogens is 232 g/mol. The van der Waals surface area contributed by atoms with Gasteiger partial charge in [-0.05, 0) is 30.2 Å². The largest absolute Gasteiger partial charge is 0.468 e. The molecule has 0 unspecified atom stereocenters. The summed E-state index contributed by atoms with van der Waals surface area (Å²) in [5.41, 5.74) is 2.91. The molecular formula is C13H16N2O3. The van der Waals surface area contributed by atoms with E-state index in [9.17, 15) is 9.59 Å². The molecule has 1 aromatic rings. The fourth-order valence-corrected chi connectivity index (χ4v) is 2.03. The summed E-state index contributed by atoms with van der Waals surface area (Å²) < 4.78 is 4.46. The number of hydrogen-bond acceptors (Lipinski definition) is 4. The number of ether oxygens (including phenoxy) is 1. The maximum atomic E-state index is 11.8. The first kappa shape index (κ1) is 12.4. The molecule has 0 atom stereocenters. The number of amides is 1. The molecule has 0 aliphatic carbocycles. The molecule has 1 amide bonds. The SMILES string of the molecule is COC(=O)CNC(=O)c1ccc2c(c1)CCN2C. The topological polar surface area (TPSA) is 58.6 Å². The number of nitrogens with one attached hydrogen (secondary N) is 1. The number of carbonyl (C=O) groups is 2. The number of rotatable bonds is 3. The Kier molecular flexibility index (Phi) is 3.50. The van der Waals surface area contributed by atoms with Crippen molar-refractivity contribution in [1.82, 2.24) is 5.32 Å². The van der Waals surface area contributed by atoms with Crippen molar-refractivity contribution in [1.29, 1.82) is 0 Å². The summed E-state index contributed by atoms with van der Waals surface area (Å²) >= 11 is 0. The lowest BCUT2D eigenvalue weighted by Crippen LogP contribution is -2.30. The number of methoxy groups -OCH3 is 1. The molecule has 1 aliphatic heterocycles. The highest BCUT2D eigenvalue weighted by Crippen LogP contribution is 2.27. The van der Waals surface area contributed by atoms with Gasteiger partial charge in [0.15, 0.2) is 0 Å². The van der Waals surface area contributed by atoms with Gasteiger partial charge >= 0.3 is 5.97 Å². The Morgan fingerprint density at radius 3 is 2.94 bits per heavy atom. The van der Waals surface area contributed by atoms with Crippen molar-refractivity contribution in [2.75, 3.05) is 32.1 Å². The van der Waals surface area contributed by atoms with Crippen molar-refractivity contribution in [2.45, 2.75) is 6.42 Å². The second-order valence-electron chi connectivity index (χ2n) is 4.27. The maximum absolute atomic E-state index is 11.8. The first-order valence-electron chi connectivity index (χ1n) is 5.81. The van der Waals surface area contributed by atoms with Crippen molar-refractivity contribution in [3.63, 3.8) is 0 Å². The van der Waals surface area contributed by atoms with E-state index in [0.29, 0.717) is 5.56 Å². The maximum Gasteiger partial charge on any atom is 0.325 e. The van der Waals surface area contributed by atoms with Crippen LogP contribution in [0.25, 0.3) is 0 Å². The second-order valence-corrected chi connectivity index (χ2v) is 4.27. The molecule has 5 nitrogen and oxygen atoms in total. The van der Waals surface area contributed by atoms with E-state index in [2.05, 4.69) is 15.0 Å². The van der Waals surface area contributed by atoms with Gasteiger partial charge in [-0.3, -0.25) is 9.59 Å². The Bertz CT molecular complexity index is 485. The minimum Gasteiger partial charge on any atom is -0.468 e. The molecule has 0 aromatic heterocycles. The van der Waals surface area contributed by atoms with Gasteiger partial charge in [0.05, 0.1) is 7.11 Å². The van der Waals surface area contributed by atoms with Gasteiger partial charge in [-0.25, -0.2) is 0 Å². The van der Waals surface area contributed by atoms with Crippen LogP contribution in [0.15, 0.2) is 18.2 Å². The zero-order valence-corrected chi connectivity index (χ0v) is 10.5. The molecule has 0 saturated heterocycles. The number of fused-ring (bicyclic) bond motifs is 1. The molecule has 2 rings (SSSR count). The smallest absolute Gasteiger partial charge is 0.325 e. The number of esters is 1. The molecule has 0 fully saturated rings. The Balaban J connectivity index is 2.06. The summed E-state index contributed by atoms with van der Waals surface area (Å²) in [4.78, 5) is 24.9. The molecule has 1 N–H and O–H groups in total. The fraction of sp³-hybridized carbons (Fsp3) is 0.385. The standard InChI is InChI=1S/C13H16N2O3/c1-15-6-5-9-7-10(3-4-11(9)15)13(17)14-8-12(16)18-2/h3-4,7H,5-6,8H2,1-2H3,(H,14,17). The number of likely N-dealkylation sites (N-methyl/N-ethyl adjacent to an activating group) is 1. The van der Waals surface area contributed by atoms with Crippen LogP contribution in [0, 0.1) is 0 Å². The average molecular weight is 248 g/mol. The van der Waals surface area contributed by atoms with E-state index in [1.807, 2.05) is 19.2 Å². The molecule has 0 spiro atoms. The van der Waals surface area contributed by atoms with E-state index < -0.39 is 5.97 Å². The van der Waals surface area contributed by atoms with Crippen molar-refractivity contribution in [2.24, 2.45) is 0 Å². The number of carbonyl (C=O) groups excluding carboxylic acids is 2. The van der Waals surface area contributed by atoms with Crippen molar-refractivity contribution in [3.05, 3.63) is 29.3 Å². The lowest BCUT2D eigenvalue weighted by Gasteiger charge is -2.12. The van der Waals surface area contributed by atoms with Crippen LogP contribution >= 0.6 is 0 Å². The van der Waals surface area contributed by atoms with E-state index >= 15 is 0 Å².